The van der Waals surface area contributed by atoms with Crippen LogP contribution in [0.15, 0.2) is 86.9 Å². The number of halogens is 1. The fourth-order valence-electron chi connectivity index (χ4n) is 3.34. The number of nitrogens with zero attached hydrogens (tertiary/aromatic N) is 1. The molecule has 0 amide bonds. The summed E-state index contributed by atoms with van der Waals surface area (Å²) in [5.74, 6) is -0.00995. The molecule has 4 rings (SSSR count). The third-order valence-electron chi connectivity index (χ3n) is 5.06. The van der Waals surface area contributed by atoms with E-state index < -0.39 is 10.0 Å². The summed E-state index contributed by atoms with van der Waals surface area (Å²) in [5, 5.41) is 0.710. The Morgan fingerprint density at radius 1 is 0.935 bits per heavy atom. The molecule has 0 saturated heterocycles. The minimum Gasteiger partial charge on any atom is -0.439 e. The Kier molecular flexibility index (Phi) is 5.60. The van der Waals surface area contributed by atoms with E-state index in [1.54, 1.807) is 43.3 Å². The molecule has 0 unspecified atom stereocenters. The van der Waals surface area contributed by atoms with Crippen molar-refractivity contribution in [2.45, 2.75) is 25.3 Å². The van der Waals surface area contributed by atoms with E-state index in [1.165, 1.54) is 6.07 Å². The van der Waals surface area contributed by atoms with Gasteiger partial charge in [0, 0.05) is 5.02 Å². The molecular weight excluding hydrogens is 434 g/mol. The first kappa shape index (κ1) is 21.2. The summed E-state index contributed by atoms with van der Waals surface area (Å²) in [5.41, 5.74) is 1.85. The van der Waals surface area contributed by atoms with Gasteiger partial charge in [0.1, 0.15) is 5.58 Å². The number of aryl methyl sites for hydroxylation is 1. The lowest BCUT2D eigenvalue weighted by Crippen LogP contribution is -2.32. The van der Waals surface area contributed by atoms with Crippen LogP contribution in [0.4, 0.5) is 5.88 Å². The molecule has 0 fully saturated rings. The lowest BCUT2D eigenvalue weighted by Gasteiger charge is -2.24. The molecule has 0 atom stereocenters. The standard InChI is InChI=1S/C24H20ClNO4S/c1-16-8-11-20(12-9-16)31(28,29)26(15-18-6-4-3-5-7-18)24-17(2)23(27)21-14-19(25)10-13-22(21)30-24/h3-14H,15H2,1-2H3. The minimum atomic E-state index is -4.01. The van der Waals surface area contributed by atoms with Crippen molar-refractivity contribution in [3.63, 3.8) is 0 Å². The molecule has 0 aliphatic heterocycles. The zero-order chi connectivity index (χ0) is 22.2. The molecular formula is C24H20ClNO4S. The largest absolute Gasteiger partial charge is 0.439 e. The molecule has 0 bridgehead atoms. The van der Waals surface area contributed by atoms with E-state index in [-0.39, 0.29) is 33.9 Å². The van der Waals surface area contributed by atoms with Gasteiger partial charge in [0.2, 0.25) is 5.88 Å². The fraction of sp³-hybridized carbons (Fsp3) is 0.125. The zero-order valence-corrected chi connectivity index (χ0v) is 18.6. The zero-order valence-electron chi connectivity index (χ0n) is 17.0. The number of fused-ring (bicyclic) bond motifs is 1. The molecule has 0 radical (unpaired) electrons. The average Bonchev–Trinajstić information content (AvgIpc) is 2.76. The second-order valence-electron chi connectivity index (χ2n) is 7.31. The van der Waals surface area contributed by atoms with Crippen molar-refractivity contribution in [3.05, 3.63) is 105 Å². The Labute approximate surface area is 185 Å². The highest BCUT2D eigenvalue weighted by molar-refractivity contribution is 7.92. The monoisotopic (exact) mass is 453 g/mol. The van der Waals surface area contributed by atoms with E-state index in [1.807, 2.05) is 37.3 Å². The van der Waals surface area contributed by atoms with E-state index in [4.69, 9.17) is 16.0 Å². The van der Waals surface area contributed by atoms with Crippen LogP contribution in [0.1, 0.15) is 16.7 Å². The second kappa shape index (κ2) is 8.21. The van der Waals surface area contributed by atoms with Gasteiger partial charge in [-0.3, -0.25) is 4.79 Å². The Balaban J connectivity index is 1.95. The third kappa shape index (κ3) is 4.09. The van der Waals surface area contributed by atoms with Crippen LogP contribution in [0.25, 0.3) is 11.0 Å². The van der Waals surface area contributed by atoms with E-state index in [2.05, 4.69) is 0 Å². The molecule has 158 valence electrons. The molecule has 1 aromatic heterocycles. The molecule has 0 N–H and O–H groups in total. The number of anilines is 1. The summed E-state index contributed by atoms with van der Waals surface area (Å²) < 4.78 is 34.4. The highest BCUT2D eigenvalue weighted by atomic mass is 35.5. The first-order chi connectivity index (χ1) is 14.8. The Hall–Kier alpha value is -3.09. The SMILES string of the molecule is Cc1ccc(S(=O)(=O)N(Cc2ccccc2)c2oc3ccc(Cl)cc3c(=O)c2C)cc1. The number of hydrogen-bond donors (Lipinski definition) is 0. The van der Waals surface area contributed by atoms with Gasteiger partial charge < -0.3 is 4.42 Å². The van der Waals surface area contributed by atoms with Crippen LogP contribution in [0.5, 0.6) is 0 Å². The van der Waals surface area contributed by atoms with Crippen LogP contribution < -0.4 is 9.73 Å². The first-order valence-corrected chi connectivity index (χ1v) is 11.5. The predicted molar refractivity (Wildman–Crippen MR) is 123 cm³/mol. The number of hydrogen-bond acceptors (Lipinski definition) is 4. The molecule has 0 saturated carbocycles. The van der Waals surface area contributed by atoms with Gasteiger partial charge in [-0.15, -0.1) is 0 Å². The van der Waals surface area contributed by atoms with Crippen molar-refractivity contribution < 1.29 is 12.8 Å². The van der Waals surface area contributed by atoms with Crippen LogP contribution in [0.3, 0.4) is 0 Å². The van der Waals surface area contributed by atoms with Crippen molar-refractivity contribution in [2.75, 3.05) is 4.31 Å². The summed E-state index contributed by atoms with van der Waals surface area (Å²) in [6, 6.07) is 20.4. The van der Waals surface area contributed by atoms with E-state index in [0.717, 1.165) is 15.4 Å². The van der Waals surface area contributed by atoms with Gasteiger partial charge in [0.15, 0.2) is 5.43 Å². The van der Waals surface area contributed by atoms with Crippen LogP contribution in [-0.4, -0.2) is 8.42 Å². The van der Waals surface area contributed by atoms with Gasteiger partial charge in [-0.25, -0.2) is 12.7 Å². The highest BCUT2D eigenvalue weighted by Gasteiger charge is 2.30. The van der Waals surface area contributed by atoms with Crippen molar-refractivity contribution in [1.29, 1.82) is 0 Å². The second-order valence-corrected chi connectivity index (χ2v) is 9.61. The molecule has 4 aromatic rings. The maximum absolute atomic E-state index is 13.6. The number of rotatable bonds is 5. The summed E-state index contributed by atoms with van der Waals surface area (Å²) in [6.45, 7) is 3.46. The number of sulfonamides is 1. The van der Waals surface area contributed by atoms with E-state index >= 15 is 0 Å². The first-order valence-electron chi connectivity index (χ1n) is 9.63. The third-order valence-corrected chi connectivity index (χ3v) is 7.04. The maximum Gasteiger partial charge on any atom is 0.266 e. The van der Waals surface area contributed by atoms with Gasteiger partial charge in [-0.05, 0) is 49.7 Å². The van der Waals surface area contributed by atoms with Crippen LogP contribution in [0, 0.1) is 13.8 Å². The molecule has 3 aromatic carbocycles. The molecule has 0 aliphatic carbocycles. The van der Waals surface area contributed by atoms with Crippen LogP contribution >= 0.6 is 11.6 Å². The Morgan fingerprint density at radius 2 is 1.61 bits per heavy atom. The average molecular weight is 454 g/mol. The van der Waals surface area contributed by atoms with Gasteiger partial charge >= 0.3 is 0 Å². The summed E-state index contributed by atoms with van der Waals surface area (Å²) in [7, 11) is -4.01. The Morgan fingerprint density at radius 3 is 2.29 bits per heavy atom. The lowest BCUT2D eigenvalue weighted by atomic mass is 10.1. The van der Waals surface area contributed by atoms with Crippen LogP contribution in [-0.2, 0) is 16.6 Å². The Bertz CT molecular complexity index is 1410. The highest BCUT2D eigenvalue weighted by Crippen LogP contribution is 2.31. The van der Waals surface area contributed by atoms with E-state index in [0.29, 0.717) is 10.4 Å². The number of benzene rings is 3. The predicted octanol–water partition coefficient (Wildman–Crippen LogP) is 5.46. The van der Waals surface area contributed by atoms with Crippen molar-refractivity contribution in [2.24, 2.45) is 0 Å². The normalized spacial score (nSPS) is 11.6. The van der Waals surface area contributed by atoms with Crippen molar-refractivity contribution in [1.82, 2.24) is 0 Å². The molecule has 0 aliphatic rings. The van der Waals surface area contributed by atoms with Crippen molar-refractivity contribution >= 4 is 38.5 Å². The quantitative estimate of drug-likeness (QED) is 0.402. The molecule has 1 heterocycles. The molecule has 0 spiro atoms. The van der Waals surface area contributed by atoms with Gasteiger partial charge in [-0.2, -0.15) is 0 Å². The lowest BCUT2D eigenvalue weighted by molar-refractivity contribution is 0.563. The molecule has 31 heavy (non-hydrogen) atoms. The van der Waals surface area contributed by atoms with Gasteiger partial charge in [-0.1, -0.05) is 59.6 Å². The maximum atomic E-state index is 13.6. The molecule has 5 nitrogen and oxygen atoms in total. The summed E-state index contributed by atoms with van der Waals surface area (Å²) in [4.78, 5) is 13.1. The van der Waals surface area contributed by atoms with Crippen molar-refractivity contribution in [3.8, 4) is 0 Å². The van der Waals surface area contributed by atoms with Crippen LogP contribution in [0.2, 0.25) is 5.02 Å². The minimum absolute atomic E-state index is 0.00995. The summed E-state index contributed by atoms with van der Waals surface area (Å²) >= 11 is 6.03. The topological polar surface area (TPSA) is 67.6 Å². The van der Waals surface area contributed by atoms with Gasteiger partial charge in [0.05, 0.1) is 22.4 Å². The smallest absolute Gasteiger partial charge is 0.266 e. The van der Waals surface area contributed by atoms with Gasteiger partial charge in [0.25, 0.3) is 10.0 Å². The fourth-order valence-corrected chi connectivity index (χ4v) is 4.96. The summed E-state index contributed by atoms with van der Waals surface area (Å²) in [6.07, 6.45) is 0. The molecule has 7 heteroatoms. The van der Waals surface area contributed by atoms with E-state index in [9.17, 15) is 13.2 Å².